The Morgan fingerprint density at radius 2 is 1.88 bits per heavy atom. The van der Waals surface area contributed by atoms with Crippen molar-refractivity contribution >= 4 is 11.9 Å². The van der Waals surface area contributed by atoms with Gasteiger partial charge in [0.15, 0.2) is 5.82 Å². The minimum atomic E-state index is -0.411. The summed E-state index contributed by atoms with van der Waals surface area (Å²) >= 11 is 0. The van der Waals surface area contributed by atoms with Crippen LogP contribution in [0.25, 0.3) is 0 Å². The zero-order valence-corrected chi connectivity index (χ0v) is 13.6. The number of anilines is 1. The van der Waals surface area contributed by atoms with Gasteiger partial charge in [-0.2, -0.15) is 0 Å². The fraction of sp³-hybridized carbons (Fsp3) is 0.588. The fourth-order valence-corrected chi connectivity index (χ4v) is 4.04. The van der Waals surface area contributed by atoms with Gasteiger partial charge in [-0.15, -0.1) is 0 Å². The summed E-state index contributed by atoms with van der Waals surface area (Å²) in [5.74, 6) is 0.409. The van der Waals surface area contributed by atoms with Gasteiger partial charge in [-0.05, 0) is 19.3 Å². The van der Waals surface area contributed by atoms with Gasteiger partial charge < -0.3 is 9.80 Å². The van der Waals surface area contributed by atoms with Crippen LogP contribution in [0.3, 0.4) is 0 Å². The molecule has 2 bridgehead atoms. The van der Waals surface area contributed by atoms with Crippen molar-refractivity contribution in [3.05, 3.63) is 30.4 Å². The molecule has 1 amide bonds. The standard InChI is InChI=1S/C17H22FN5O/c18-13-8-19-17(20-9-13)23-14-4-5-15(23)11-21(10-14)12-16(24)22-6-2-1-3-7-22/h1-2,8-9,14-15H,3-7,10-12H2. The molecule has 3 aliphatic rings. The summed E-state index contributed by atoms with van der Waals surface area (Å²) in [6.45, 7) is 3.72. The first kappa shape index (κ1) is 15.5. The van der Waals surface area contributed by atoms with E-state index < -0.39 is 5.82 Å². The van der Waals surface area contributed by atoms with Gasteiger partial charge >= 0.3 is 0 Å². The Bertz CT molecular complexity index is 620. The van der Waals surface area contributed by atoms with Crippen molar-refractivity contribution in [2.24, 2.45) is 0 Å². The Hall–Kier alpha value is -2.02. The Balaban J connectivity index is 1.40. The fourth-order valence-electron chi connectivity index (χ4n) is 4.04. The monoisotopic (exact) mass is 331 g/mol. The van der Waals surface area contributed by atoms with E-state index in [1.807, 2.05) is 4.90 Å². The molecular formula is C17H22FN5O. The molecule has 128 valence electrons. The number of hydrogen-bond acceptors (Lipinski definition) is 5. The third-order valence-corrected chi connectivity index (χ3v) is 5.17. The van der Waals surface area contributed by atoms with Crippen molar-refractivity contribution in [1.82, 2.24) is 19.8 Å². The van der Waals surface area contributed by atoms with Crippen LogP contribution in [0.15, 0.2) is 24.5 Å². The van der Waals surface area contributed by atoms with Crippen LogP contribution in [0.1, 0.15) is 19.3 Å². The normalized spacial score (nSPS) is 26.9. The molecule has 2 saturated heterocycles. The van der Waals surface area contributed by atoms with Gasteiger partial charge in [0.1, 0.15) is 0 Å². The Morgan fingerprint density at radius 1 is 1.17 bits per heavy atom. The van der Waals surface area contributed by atoms with Crippen molar-refractivity contribution in [2.75, 3.05) is 37.6 Å². The predicted molar refractivity (Wildman–Crippen MR) is 88.1 cm³/mol. The van der Waals surface area contributed by atoms with E-state index in [1.54, 1.807) is 0 Å². The lowest BCUT2D eigenvalue weighted by molar-refractivity contribution is -0.132. The molecule has 0 aliphatic carbocycles. The van der Waals surface area contributed by atoms with Gasteiger partial charge in [0.05, 0.1) is 18.9 Å². The highest BCUT2D eigenvalue weighted by atomic mass is 19.1. The maximum absolute atomic E-state index is 13.0. The maximum atomic E-state index is 13.0. The molecular weight excluding hydrogens is 309 g/mol. The molecule has 2 unspecified atom stereocenters. The van der Waals surface area contributed by atoms with Crippen molar-refractivity contribution in [1.29, 1.82) is 0 Å². The molecule has 1 aromatic heterocycles. The second-order valence-electron chi connectivity index (χ2n) is 6.79. The van der Waals surface area contributed by atoms with E-state index in [0.717, 1.165) is 45.4 Å². The van der Waals surface area contributed by atoms with Crippen LogP contribution in [0, 0.1) is 5.82 Å². The third kappa shape index (κ3) is 3.00. The van der Waals surface area contributed by atoms with Crippen LogP contribution < -0.4 is 4.90 Å². The molecule has 2 fully saturated rings. The SMILES string of the molecule is O=C(CN1CC2CCC(C1)N2c1ncc(F)cn1)N1CC=CCC1. The van der Waals surface area contributed by atoms with Crippen molar-refractivity contribution in [3.63, 3.8) is 0 Å². The number of carbonyl (C=O) groups is 1. The van der Waals surface area contributed by atoms with Crippen LogP contribution in [0.2, 0.25) is 0 Å². The summed E-state index contributed by atoms with van der Waals surface area (Å²) < 4.78 is 13.0. The zero-order valence-electron chi connectivity index (χ0n) is 13.6. The van der Waals surface area contributed by atoms with Gasteiger partial charge in [-0.1, -0.05) is 12.2 Å². The number of amides is 1. The second kappa shape index (κ2) is 6.47. The summed E-state index contributed by atoms with van der Waals surface area (Å²) in [6.07, 6.45) is 9.74. The second-order valence-corrected chi connectivity index (χ2v) is 6.79. The van der Waals surface area contributed by atoms with Gasteiger partial charge in [-0.3, -0.25) is 9.69 Å². The lowest BCUT2D eigenvalue weighted by atomic mass is 10.2. The van der Waals surface area contributed by atoms with Crippen LogP contribution in [0.5, 0.6) is 0 Å². The molecule has 0 aromatic carbocycles. The first-order chi connectivity index (χ1) is 11.7. The number of aromatic nitrogens is 2. The number of halogens is 1. The first-order valence-electron chi connectivity index (χ1n) is 8.62. The van der Waals surface area contributed by atoms with Crippen LogP contribution in [-0.2, 0) is 4.79 Å². The predicted octanol–water partition coefficient (Wildman–Crippen LogP) is 1.06. The summed E-state index contributed by atoms with van der Waals surface area (Å²) in [6, 6.07) is 0.617. The zero-order chi connectivity index (χ0) is 16.5. The van der Waals surface area contributed by atoms with Crippen LogP contribution in [0.4, 0.5) is 10.3 Å². The number of piperazine rings is 1. The molecule has 4 heterocycles. The summed E-state index contributed by atoms with van der Waals surface area (Å²) in [5.41, 5.74) is 0. The molecule has 0 saturated carbocycles. The molecule has 3 aliphatic heterocycles. The van der Waals surface area contributed by atoms with E-state index in [9.17, 15) is 9.18 Å². The highest BCUT2D eigenvalue weighted by Crippen LogP contribution is 2.32. The summed E-state index contributed by atoms with van der Waals surface area (Å²) in [4.78, 5) is 27.1. The number of carbonyl (C=O) groups excluding carboxylic acids is 1. The van der Waals surface area contributed by atoms with Crippen molar-refractivity contribution < 1.29 is 9.18 Å². The Labute approximate surface area is 141 Å². The van der Waals surface area contributed by atoms with E-state index in [1.165, 1.54) is 12.4 Å². The molecule has 1 aromatic rings. The van der Waals surface area contributed by atoms with Gasteiger partial charge in [0, 0.05) is 38.3 Å². The molecule has 24 heavy (non-hydrogen) atoms. The number of fused-ring (bicyclic) bond motifs is 2. The lowest BCUT2D eigenvalue weighted by Crippen LogP contribution is -2.56. The van der Waals surface area contributed by atoms with E-state index in [2.05, 4.69) is 31.9 Å². The number of nitrogens with zero attached hydrogens (tertiary/aromatic N) is 5. The van der Waals surface area contributed by atoms with Crippen LogP contribution >= 0.6 is 0 Å². The van der Waals surface area contributed by atoms with Gasteiger partial charge in [0.25, 0.3) is 0 Å². The lowest BCUT2D eigenvalue weighted by Gasteiger charge is -2.41. The number of likely N-dealkylation sites (tertiary alicyclic amines) is 1. The molecule has 0 spiro atoms. The maximum Gasteiger partial charge on any atom is 0.237 e. The van der Waals surface area contributed by atoms with Crippen molar-refractivity contribution in [3.8, 4) is 0 Å². The molecule has 6 nitrogen and oxygen atoms in total. The van der Waals surface area contributed by atoms with Gasteiger partial charge in [-0.25, -0.2) is 14.4 Å². The highest BCUT2D eigenvalue weighted by molar-refractivity contribution is 5.78. The molecule has 0 N–H and O–H groups in total. The smallest absolute Gasteiger partial charge is 0.237 e. The topological polar surface area (TPSA) is 52.6 Å². The van der Waals surface area contributed by atoms with E-state index in [-0.39, 0.29) is 5.91 Å². The third-order valence-electron chi connectivity index (χ3n) is 5.17. The molecule has 4 rings (SSSR count). The van der Waals surface area contributed by atoms with Crippen molar-refractivity contribution in [2.45, 2.75) is 31.3 Å². The quantitative estimate of drug-likeness (QED) is 0.775. The highest BCUT2D eigenvalue weighted by Gasteiger charge is 2.41. The van der Waals surface area contributed by atoms with E-state index in [0.29, 0.717) is 24.6 Å². The number of hydrogen-bond donors (Lipinski definition) is 0. The van der Waals surface area contributed by atoms with E-state index >= 15 is 0 Å². The average molecular weight is 331 g/mol. The first-order valence-corrected chi connectivity index (χ1v) is 8.62. The summed E-state index contributed by atoms with van der Waals surface area (Å²) in [7, 11) is 0. The van der Waals surface area contributed by atoms with E-state index in [4.69, 9.17) is 0 Å². The average Bonchev–Trinajstić information content (AvgIpc) is 2.87. The minimum absolute atomic E-state index is 0.213. The summed E-state index contributed by atoms with van der Waals surface area (Å²) in [5, 5.41) is 0. The molecule has 7 heteroatoms. The minimum Gasteiger partial charge on any atom is -0.338 e. The largest absolute Gasteiger partial charge is 0.338 e. The van der Waals surface area contributed by atoms with Gasteiger partial charge in [0.2, 0.25) is 11.9 Å². The Kier molecular flexibility index (Phi) is 4.18. The molecule has 0 radical (unpaired) electrons. The molecule has 2 atom stereocenters. The number of rotatable bonds is 3. The van der Waals surface area contributed by atoms with Crippen LogP contribution in [-0.4, -0.2) is 70.5 Å². The Morgan fingerprint density at radius 3 is 2.50 bits per heavy atom.